The fraction of sp³-hybridized carbons (Fsp3) is 0.333. The highest BCUT2D eigenvalue weighted by molar-refractivity contribution is 6.04. The third-order valence-electron chi connectivity index (χ3n) is 4.59. The Morgan fingerprint density at radius 1 is 1.03 bits per heavy atom. The molecule has 0 radical (unpaired) electrons. The lowest BCUT2D eigenvalue weighted by Crippen LogP contribution is -2.34. The van der Waals surface area contributed by atoms with Gasteiger partial charge in [0.1, 0.15) is 5.75 Å². The van der Waals surface area contributed by atoms with Gasteiger partial charge in [-0.2, -0.15) is 0 Å². The van der Waals surface area contributed by atoms with E-state index in [0.29, 0.717) is 35.9 Å². The molecule has 1 heterocycles. The van der Waals surface area contributed by atoms with Crippen LogP contribution in [0.1, 0.15) is 17.5 Å². The molecule has 0 aliphatic carbocycles. The zero-order valence-corrected chi connectivity index (χ0v) is 16.9. The monoisotopic (exact) mass is 400 g/mol. The Labute approximate surface area is 169 Å². The lowest BCUT2D eigenvalue weighted by molar-refractivity contribution is -0.131. The number of hydrogen-bond acceptors (Lipinski definition) is 7. The highest BCUT2D eigenvalue weighted by atomic mass is 16.6. The molecule has 1 amide bonds. The van der Waals surface area contributed by atoms with Crippen LogP contribution in [0.3, 0.4) is 0 Å². The molecule has 29 heavy (non-hydrogen) atoms. The molecule has 3 rings (SSSR count). The van der Waals surface area contributed by atoms with Crippen molar-refractivity contribution in [3.8, 4) is 23.0 Å². The van der Waals surface area contributed by atoms with Gasteiger partial charge in [-0.3, -0.25) is 4.79 Å². The molecule has 1 N–H and O–H groups in total. The number of benzene rings is 2. The number of oxime groups is 1. The van der Waals surface area contributed by atoms with E-state index in [1.165, 1.54) is 0 Å². The summed E-state index contributed by atoms with van der Waals surface area (Å²) in [7, 11) is 6.24. The minimum atomic E-state index is -0.692. The van der Waals surface area contributed by atoms with Crippen molar-refractivity contribution in [2.45, 2.75) is 19.1 Å². The van der Waals surface area contributed by atoms with Gasteiger partial charge < -0.3 is 29.1 Å². The molecule has 0 aromatic heterocycles. The number of carbonyl (C=O) groups is 1. The van der Waals surface area contributed by atoms with E-state index in [2.05, 4.69) is 10.5 Å². The summed E-state index contributed by atoms with van der Waals surface area (Å²) in [6.45, 7) is 0.391. The van der Waals surface area contributed by atoms with E-state index in [1.54, 1.807) is 40.6 Å². The third kappa shape index (κ3) is 4.53. The summed E-state index contributed by atoms with van der Waals surface area (Å²) in [5, 5.41) is 6.95. The zero-order chi connectivity index (χ0) is 20.8. The third-order valence-corrected chi connectivity index (χ3v) is 4.59. The summed E-state index contributed by atoms with van der Waals surface area (Å²) in [5.74, 6) is 2.05. The van der Waals surface area contributed by atoms with Crippen molar-refractivity contribution in [3.63, 3.8) is 0 Å². The van der Waals surface area contributed by atoms with Crippen molar-refractivity contribution in [2.75, 3.05) is 28.4 Å². The van der Waals surface area contributed by atoms with E-state index < -0.39 is 6.10 Å². The first-order chi connectivity index (χ1) is 14.1. The Hall–Kier alpha value is -3.42. The van der Waals surface area contributed by atoms with Crippen molar-refractivity contribution >= 4 is 11.6 Å². The molecule has 154 valence electrons. The van der Waals surface area contributed by atoms with Gasteiger partial charge in [-0.25, -0.2) is 0 Å². The Morgan fingerprint density at radius 2 is 1.69 bits per heavy atom. The quantitative estimate of drug-likeness (QED) is 0.733. The van der Waals surface area contributed by atoms with Gasteiger partial charge in [0.05, 0.1) is 34.2 Å². The van der Waals surface area contributed by atoms with E-state index in [4.69, 9.17) is 23.8 Å². The molecule has 0 saturated heterocycles. The van der Waals surface area contributed by atoms with Gasteiger partial charge in [0.15, 0.2) is 11.5 Å². The maximum Gasteiger partial charge on any atom is 0.264 e. The van der Waals surface area contributed by atoms with Crippen LogP contribution in [0.5, 0.6) is 23.0 Å². The molecule has 1 aliphatic rings. The van der Waals surface area contributed by atoms with E-state index in [-0.39, 0.29) is 5.91 Å². The number of hydrogen-bond donors (Lipinski definition) is 1. The first-order valence-corrected chi connectivity index (χ1v) is 9.03. The van der Waals surface area contributed by atoms with Crippen LogP contribution in [0.4, 0.5) is 0 Å². The van der Waals surface area contributed by atoms with Gasteiger partial charge in [-0.05, 0) is 29.8 Å². The number of nitrogens with zero attached hydrogens (tertiary/aromatic N) is 1. The smallest absolute Gasteiger partial charge is 0.264 e. The van der Waals surface area contributed by atoms with Gasteiger partial charge in [-0.15, -0.1) is 0 Å². The van der Waals surface area contributed by atoms with Crippen LogP contribution in [0.25, 0.3) is 0 Å². The largest absolute Gasteiger partial charge is 0.497 e. The minimum absolute atomic E-state index is 0.230. The molecule has 8 heteroatoms. The second kappa shape index (κ2) is 9.18. The Morgan fingerprint density at radius 3 is 2.24 bits per heavy atom. The van der Waals surface area contributed by atoms with E-state index in [0.717, 1.165) is 16.9 Å². The van der Waals surface area contributed by atoms with E-state index in [1.807, 2.05) is 24.3 Å². The molecule has 0 unspecified atom stereocenters. The highest BCUT2D eigenvalue weighted by Gasteiger charge is 2.30. The number of rotatable bonds is 8. The average molecular weight is 400 g/mol. The summed E-state index contributed by atoms with van der Waals surface area (Å²) in [6.07, 6.45) is -0.352. The van der Waals surface area contributed by atoms with Crippen molar-refractivity contribution in [1.29, 1.82) is 0 Å². The molecule has 2 aromatic rings. The first kappa shape index (κ1) is 20.3. The van der Waals surface area contributed by atoms with Crippen molar-refractivity contribution in [2.24, 2.45) is 5.16 Å². The predicted octanol–water partition coefficient (Wildman–Crippen LogP) is 2.53. The van der Waals surface area contributed by atoms with Crippen molar-refractivity contribution in [1.82, 2.24) is 5.32 Å². The first-order valence-electron chi connectivity index (χ1n) is 9.03. The van der Waals surface area contributed by atoms with Crippen LogP contribution in [-0.2, 0) is 16.2 Å². The van der Waals surface area contributed by atoms with Gasteiger partial charge in [0.2, 0.25) is 11.9 Å². The molecule has 1 aliphatic heterocycles. The SMILES string of the molecule is COc1ccc(CNC(=O)[C@H]2CC(c3cc(OC)c(OC)c(OC)c3)=NO2)cc1. The fourth-order valence-corrected chi connectivity index (χ4v) is 2.98. The molecular weight excluding hydrogens is 376 g/mol. The minimum Gasteiger partial charge on any atom is -0.497 e. The normalized spacial score (nSPS) is 15.2. The zero-order valence-electron chi connectivity index (χ0n) is 16.9. The predicted molar refractivity (Wildman–Crippen MR) is 107 cm³/mol. The molecule has 0 bridgehead atoms. The summed E-state index contributed by atoms with van der Waals surface area (Å²) in [4.78, 5) is 17.8. The second-order valence-electron chi connectivity index (χ2n) is 6.32. The molecular formula is C21H24N2O6. The van der Waals surface area contributed by atoms with Crippen LogP contribution in [0, 0.1) is 0 Å². The molecule has 0 saturated carbocycles. The van der Waals surface area contributed by atoms with Gasteiger partial charge in [0.25, 0.3) is 5.91 Å². The van der Waals surface area contributed by atoms with Crippen molar-refractivity contribution in [3.05, 3.63) is 47.5 Å². The van der Waals surface area contributed by atoms with Gasteiger partial charge >= 0.3 is 0 Å². The summed E-state index contributed by atoms with van der Waals surface area (Å²) >= 11 is 0. The maximum absolute atomic E-state index is 12.5. The van der Waals surface area contributed by atoms with E-state index >= 15 is 0 Å². The molecule has 2 aromatic carbocycles. The summed E-state index contributed by atoms with van der Waals surface area (Å²) < 4.78 is 21.2. The number of methoxy groups -OCH3 is 4. The van der Waals surface area contributed by atoms with Crippen LogP contribution in [0.2, 0.25) is 0 Å². The van der Waals surface area contributed by atoms with Crippen LogP contribution in [0.15, 0.2) is 41.6 Å². The Kier molecular flexibility index (Phi) is 6.43. The lowest BCUT2D eigenvalue weighted by Gasteiger charge is -2.14. The number of amides is 1. The Balaban J connectivity index is 1.63. The summed E-state index contributed by atoms with van der Waals surface area (Å²) in [5.41, 5.74) is 2.33. The topological polar surface area (TPSA) is 87.6 Å². The van der Waals surface area contributed by atoms with Crippen LogP contribution >= 0.6 is 0 Å². The molecule has 1 atom stereocenters. The highest BCUT2D eigenvalue weighted by Crippen LogP contribution is 2.39. The fourth-order valence-electron chi connectivity index (χ4n) is 2.98. The van der Waals surface area contributed by atoms with Crippen molar-refractivity contribution < 1.29 is 28.6 Å². The summed E-state index contributed by atoms with van der Waals surface area (Å²) in [6, 6.07) is 11.0. The second-order valence-corrected chi connectivity index (χ2v) is 6.32. The van der Waals surface area contributed by atoms with E-state index in [9.17, 15) is 4.79 Å². The van der Waals surface area contributed by atoms with Gasteiger partial charge in [0, 0.05) is 18.5 Å². The molecule has 0 fully saturated rings. The number of nitrogens with one attached hydrogen (secondary N) is 1. The number of carbonyl (C=O) groups excluding carboxylic acids is 1. The number of ether oxygens (including phenoxy) is 4. The molecule has 8 nitrogen and oxygen atoms in total. The molecule has 0 spiro atoms. The standard InChI is InChI=1S/C21H24N2O6/c1-25-15-7-5-13(6-8-15)12-22-21(24)19-11-16(23-29-19)14-9-17(26-2)20(28-4)18(10-14)27-3/h5-10,19H,11-12H2,1-4H3,(H,22,24)/t19-/m1/s1. The van der Waals surface area contributed by atoms with Gasteiger partial charge in [-0.1, -0.05) is 17.3 Å². The van der Waals surface area contributed by atoms with Crippen LogP contribution in [-0.4, -0.2) is 46.2 Å². The Bertz CT molecular complexity index is 870. The lowest BCUT2D eigenvalue weighted by atomic mass is 10.0. The maximum atomic E-state index is 12.5. The average Bonchev–Trinajstić information content (AvgIpc) is 3.27. The van der Waals surface area contributed by atoms with Crippen LogP contribution < -0.4 is 24.3 Å².